The third kappa shape index (κ3) is 8.95. The number of unbranched alkanes of at least 4 members (excludes halogenated alkanes) is 1. The van der Waals surface area contributed by atoms with Crippen molar-refractivity contribution in [3.05, 3.63) is 34.2 Å². The number of hydrogen-bond donors (Lipinski definition) is 2. The third-order valence-electron chi connectivity index (χ3n) is 3.27. The maximum Gasteiger partial charge on any atom is 0.250 e. The smallest absolute Gasteiger partial charge is 0.250 e. The molecule has 0 atom stereocenters. The van der Waals surface area contributed by atoms with Gasteiger partial charge in [-0.1, -0.05) is 6.07 Å². The lowest BCUT2D eigenvalue weighted by atomic mass is 10.3. The molecule has 0 aliphatic carbocycles. The molecule has 1 aromatic rings. The topological polar surface area (TPSA) is 67.7 Å². The van der Waals surface area contributed by atoms with E-state index in [0.717, 1.165) is 50.7 Å². The number of hydrogen-bond acceptors (Lipinski definition) is 3. The minimum atomic E-state index is 0. The zero-order chi connectivity index (χ0) is 16.2. The Balaban J connectivity index is 0.00000484. The molecule has 0 aliphatic heterocycles. The molecule has 0 aromatic carbocycles. The average molecular weight is 436 g/mol. The fourth-order valence-corrected chi connectivity index (χ4v) is 2.10. The highest BCUT2D eigenvalue weighted by atomic mass is 127. The SMILES string of the molecule is CCNC(=NCCCCn1c(C)cccc1=O)NCCOC.I. The molecule has 1 heterocycles. The first kappa shape index (κ1) is 21.9. The summed E-state index contributed by atoms with van der Waals surface area (Å²) in [5.41, 5.74) is 1.07. The van der Waals surface area contributed by atoms with Crippen LogP contribution in [0, 0.1) is 6.92 Å². The summed E-state index contributed by atoms with van der Waals surface area (Å²) < 4.78 is 6.82. The summed E-state index contributed by atoms with van der Waals surface area (Å²) in [6.07, 6.45) is 1.88. The molecule has 1 rings (SSSR count). The number of rotatable bonds is 9. The van der Waals surface area contributed by atoms with Crippen LogP contribution in [0.1, 0.15) is 25.5 Å². The summed E-state index contributed by atoms with van der Waals surface area (Å²) in [5.74, 6) is 0.813. The van der Waals surface area contributed by atoms with Crippen molar-refractivity contribution in [2.24, 2.45) is 4.99 Å². The minimum absolute atomic E-state index is 0. The third-order valence-corrected chi connectivity index (χ3v) is 3.27. The quantitative estimate of drug-likeness (QED) is 0.268. The van der Waals surface area contributed by atoms with Gasteiger partial charge in [-0.3, -0.25) is 9.79 Å². The molecule has 0 radical (unpaired) electrons. The number of aliphatic imine (C=N–C) groups is 1. The van der Waals surface area contributed by atoms with Crippen LogP contribution in [-0.2, 0) is 11.3 Å². The summed E-state index contributed by atoms with van der Waals surface area (Å²) in [6.45, 7) is 7.71. The van der Waals surface area contributed by atoms with Gasteiger partial charge in [0.25, 0.3) is 5.56 Å². The highest BCUT2D eigenvalue weighted by Crippen LogP contribution is 1.98. The second kappa shape index (κ2) is 13.4. The van der Waals surface area contributed by atoms with Crippen molar-refractivity contribution in [2.75, 3.05) is 33.4 Å². The molecule has 132 valence electrons. The lowest BCUT2D eigenvalue weighted by Gasteiger charge is -2.11. The predicted octanol–water partition coefficient (Wildman–Crippen LogP) is 1.76. The maximum absolute atomic E-state index is 11.7. The number of pyridine rings is 1. The highest BCUT2D eigenvalue weighted by molar-refractivity contribution is 14.0. The van der Waals surface area contributed by atoms with Crippen molar-refractivity contribution in [3.8, 4) is 0 Å². The van der Waals surface area contributed by atoms with E-state index in [1.807, 2.05) is 24.5 Å². The van der Waals surface area contributed by atoms with Crippen molar-refractivity contribution in [1.29, 1.82) is 0 Å². The van der Waals surface area contributed by atoms with Crippen LogP contribution in [0.2, 0.25) is 0 Å². The summed E-state index contributed by atoms with van der Waals surface area (Å²) in [7, 11) is 1.68. The summed E-state index contributed by atoms with van der Waals surface area (Å²) in [5, 5.41) is 6.40. The van der Waals surface area contributed by atoms with Crippen molar-refractivity contribution < 1.29 is 4.74 Å². The molecule has 0 saturated heterocycles. The molecule has 6 nitrogen and oxygen atoms in total. The molecule has 0 unspecified atom stereocenters. The summed E-state index contributed by atoms with van der Waals surface area (Å²) >= 11 is 0. The molecule has 7 heteroatoms. The molecule has 0 aliphatic rings. The second-order valence-electron chi connectivity index (χ2n) is 5.04. The van der Waals surface area contributed by atoms with Crippen molar-refractivity contribution in [1.82, 2.24) is 15.2 Å². The van der Waals surface area contributed by atoms with Gasteiger partial charge in [0.2, 0.25) is 0 Å². The van der Waals surface area contributed by atoms with Gasteiger partial charge in [0.05, 0.1) is 6.61 Å². The van der Waals surface area contributed by atoms with E-state index in [4.69, 9.17) is 4.74 Å². The summed E-state index contributed by atoms with van der Waals surface area (Å²) in [4.78, 5) is 16.3. The molecule has 0 fully saturated rings. The standard InChI is InChI=1S/C16H28N4O2.HI/c1-4-17-16(19-11-13-22-3)18-10-5-6-12-20-14(2)8-7-9-15(20)21;/h7-9H,4-6,10-13H2,1-3H3,(H2,17,18,19);1H. The van der Waals surface area contributed by atoms with Gasteiger partial charge in [0.15, 0.2) is 5.96 Å². The first-order chi connectivity index (χ1) is 10.7. The van der Waals surface area contributed by atoms with Crippen molar-refractivity contribution >= 4 is 29.9 Å². The van der Waals surface area contributed by atoms with Crippen LogP contribution in [-0.4, -0.2) is 43.9 Å². The Morgan fingerprint density at radius 1 is 1.30 bits per heavy atom. The zero-order valence-corrected chi connectivity index (χ0v) is 16.6. The van der Waals surface area contributed by atoms with Gasteiger partial charge in [-0.2, -0.15) is 0 Å². The first-order valence-corrected chi connectivity index (χ1v) is 7.86. The number of methoxy groups -OCH3 is 1. The minimum Gasteiger partial charge on any atom is -0.383 e. The van der Waals surface area contributed by atoms with Gasteiger partial charge >= 0.3 is 0 Å². The number of aromatic nitrogens is 1. The summed E-state index contributed by atoms with van der Waals surface area (Å²) in [6, 6.07) is 5.36. The van der Waals surface area contributed by atoms with Gasteiger partial charge in [0, 0.05) is 45.0 Å². The Morgan fingerprint density at radius 3 is 2.74 bits per heavy atom. The normalized spacial score (nSPS) is 11.0. The Bertz CT molecular complexity index is 517. The van der Waals surface area contributed by atoms with Crippen LogP contribution < -0.4 is 16.2 Å². The molecule has 0 amide bonds. The number of aryl methyl sites for hydroxylation is 1. The molecular formula is C16H29IN4O2. The molecule has 1 aromatic heterocycles. The van der Waals surface area contributed by atoms with Gasteiger partial charge in [-0.15, -0.1) is 24.0 Å². The highest BCUT2D eigenvalue weighted by Gasteiger charge is 1.99. The molecule has 0 bridgehead atoms. The van der Waals surface area contributed by atoms with E-state index in [0.29, 0.717) is 6.61 Å². The van der Waals surface area contributed by atoms with E-state index in [1.165, 1.54) is 0 Å². The van der Waals surface area contributed by atoms with Gasteiger partial charge in [-0.05, 0) is 32.8 Å². The van der Waals surface area contributed by atoms with Crippen LogP contribution in [0.15, 0.2) is 28.0 Å². The number of nitrogens with one attached hydrogen (secondary N) is 2. The Hall–Kier alpha value is -1.09. The van der Waals surface area contributed by atoms with Gasteiger partial charge < -0.3 is 19.9 Å². The van der Waals surface area contributed by atoms with E-state index in [-0.39, 0.29) is 29.5 Å². The van der Waals surface area contributed by atoms with E-state index in [9.17, 15) is 4.79 Å². The van der Waals surface area contributed by atoms with Crippen molar-refractivity contribution in [2.45, 2.75) is 33.2 Å². The number of halogens is 1. The maximum atomic E-state index is 11.7. The fourth-order valence-electron chi connectivity index (χ4n) is 2.10. The zero-order valence-electron chi connectivity index (χ0n) is 14.3. The molecule has 0 spiro atoms. The van der Waals surface area contributed by atoms with Crippen LogP contribution in [0.4, 0.5) is 0 Å². The van der Waals surface area contributed by atoms with E-state index in [2.05, 4.69) is 15.6 Å². The average Bonchev–Trinajstić information content (AvgIpc) is 2.49. The van der Waals surface area contributed by atoms with Crippen molar-refractivity contribution in [3.63, 3.8) is 0 Å². The number of guanidine groups is 1. The largest absolute Gasteiger partial charge is 0.383 e. The molecular weight excluding hydrogens is 407 g/mol. The predicted molar refractivity (Wildman–Crippen MR) is 106 cm³/mol. The van der Waals surface area contributed by atoms with Crippen LogP contribution in [0.25, 0.3) is 0 Å². The number of ether oxygens (including phenoxy) is 1. The second-order valence-corrected chi connectivity index (χ2v) is 5.04. The lowest BCUT2D eigenvalue weighted by Crippen LogP contribution is -2.39. The van der Waals surface area contributed by atoms with E-state index < -0.39 is 0 Å². The van der Waals surface area contributed by atoms with E-state index in [1.54, 1.807) is 19.2 Å². The Morgan fingerprint density at radius 2 is 2.09 bits per heavy atom. The molecule has 2 N–H and O–H groups in total. The van der Waals surface area contributed by atoms with Crippen LogP contribution >= 0.6 is 24.0 Å². The molecule has 23 heavy (non-hydrogen) atoms. The van der Waals surface area contributed by atoms with Gasteiger partial charge in [-0.25, -0.2) is 0 Å². The van der Waals surface area contributed by atoms with Crippen LogP contribution in [0.5, 0.6) is 0 Å². The number of nitrogens with zero attached hydrogens (tertiary/aromatic N) is 2. The first-order valence-electron chi connectivity index (χ1n) is 7.86. The Kier molecular flexibility index (Phi) is 12.7. The molecule has 0 saturated carbocycles. The lowest BCUT2D eigenvalue weighted by molar-refractivity contribution is 0.203. The monoisotopic (exact) mass is 436 g/mol. The van der Waals surface area contributed by atoms with Crippen LogP contribution in [0.3, 0.4) is 0 Å². The van der Waals surface area contributed by atoms with E-state index >= 15 is 0 Å². The Labute approximate surface area is 155 Å². The van der Waals surface area contributed by atoms with Gasteiger partial charge in [0.1, 0.15) is 0 Å². The fraction of sp³-hybridized carbons (Fsp3) is 0.625.